The van der Waals surface area contributed by atoms with Gasteiger partial charge in [-0.05, 0) is 36.5 Å². The maximum atomic E-state index is 5.62. The van der Waals surface area contributed by atoms with Gasteiger partial charge in [0.05, 0.1) is 6.61 Å². The van der Waals surface area contributed by atoms with Gasteiger partial charge in [-0.15, -0.1) is 12.3 Å². The SMILES string of the molecule is C#CCCc1ccc(OCC)c(C(C)C)c1. The number of ether oxygens (including phenoxy) is 1. The minimum Gasteiger partial charge on any atom is -0.494 e. The van der Waals surface area contributed by atoms with Crippen LogP contribution in [0.5, 0.6) is 5.75 Å². The molecule has 1 rings (SSSR count). The Morgan fingerprint density at radius 3 is 2.69 bits per heavy atom. The van der Waals surface area contributed by atoms with E-state index in [0.717, 1.165) is 18.6 Å². The Morgan fingerprint density at radius 1 is 1.38 bits per heavy atom. The highest BCUT2D eigenvalue weighted by molar-refractivity contribution is 5.39. The number of aryl methyl sites for hydroxylation is 1. The fourth-order valence-corrected chi connectivity index (χ4v) is 1.71. The molecule has 1 aromatic carbocycles. The summed E-state index contributed by atoms with van der Waals surface area (Å²) in [7, 11) is 0. The van der Waals surface area contributed by atoms with E-state index >= 15 is 0 Å². The van der Waals surface area contributed by atoms with Crippen molar-refractivity contribution in [2.45, 2.75) is 39.5 Å². The summed E-state index contributed by atoms with van der Waals surface area (Å²) in [4.78, 5) is 0. The van der Waals surface area contributed by atoms with Crippen molar-refractivity contribution in [3.63, 3.8) is 0 Å². The first-order valence-corrected chi connectivity index (χ1v) is 5.88. The lowest BCUT2D eigenvalue weighted by Crippen LogP contribution is -1.99. The predicted molar refractivity (Wildman–Crippen MR) is 68.9 cm³/mol. The highest BCUT2D eigenvalue weighted by atomic mass is 16.5. The van der Waals surface area contributed by atoms with Crippen molar-refractivity contribution in [1.29, 1.82) is 0 Å². The van der Waals surface area contributed by atoms with E-state index in [9.17, 15) is 0 Å². The predicted octanol–water partition coefficient (Wildman–Crippen LogP) is 3.77. The molecular formula is C15H20O. The highest BCUT2D eigenvalue weighted by Crippen LogP contribution is 2.27. The molecule has 86 valence electrons. The summed E-state index contributed by atoms with van der Waals surface area (Å²) in [6.07, 6.45) is 7.02. The van der Waals surface area contributed by atoms with Gasteiger partial charge in [0.25, 0.3) is 0 Å². The van der Waals surface area contributed by atoms with Gasteiger partial charge in [-0.3, -0.25) is 0 Å². The van der Waals surface area contributed by atoms with E-state index in [1.54, 1.807) is 0 Å². The highest BCUT2D eigenvalue weighted by Gasteiger charge is 2.08. The molecule has 0 saturated heterocycles. The second-order valence-corrected chi connectivity index (χ2v) is 4.16. The summed E-state index contributed by atoms with van der Waals surface area (Å²) < 4.78 is 5.62. The fraction of sp³-hybridized carbons (Fsp3) is 0.467. The van der Waals surface area contributed by atoms with Gasteiger partial charge >= 0.3 is 0 Å². The monoisotopic (exact) mass is 216 g/mol. The molecule has 1 aromatic rings. The van der Waals surface area contributed by atoms with Gasteiger partial charge in [-0.2, -0.15) is 0 Å². The van der Waals surface area contributed by atoms with Crippen molar-refractivity contribution in [3.05, 3.63) is 29.3 Å². The van der Waals surface area contributed by atoms with E-state index in [1.807, 2.05) is 6.92 Å². The van der Waals surface area contributed by atoms with E-state index in [-0.39, 0.29) is 0 Å². The van der Waals surface area contributed by atoms with Crippen LogP contribution in [0.25, 0.3) is 0 Å². The zero-order valence-corrected chi connectivity index (χ0v) is 10.4. The van der Waals surface area contributed by atoms with E-state index in [4.69, 9.17) is 11.2 Å². The minimum atomic E-state index is 0.479. The minimum absolute atomic E-state index is 0.479. The second kappa shape index (κ2) is 6.23. The van der Waals surface area contributed by atoms with Crippen LogP contribution >= 0.6 is 0 Å². The molecule has 0 unspecified atom stereocenters. The molecule has 0 atom stereocenters. The second-order valence-electron chi connectivity index (χ2n) is 4.16. The third kappa shape index (κ3) is 3.31. The van der Waals surface area contributed by atoms with Gasteiger partial charge in [-0.25, -0.2) is 0 Å². The summed E-state index contributed by atoms with van der Waals surface area (Å²) in [5.41, 5.74) is 2.57. The van der Waals surface area contributed by atoms with E-state index in [0.29, 0.717) is 12.5 Å². The molecule has 0 radical (unpaired) electrons. The molecule has 0 bridgehead atoms. The van der Waals surface area contributed by atoms with Crippen molar-refractivity contribution in [1.82, 2.24) is 0 Å². The summed E-state index contributed by atoms with van der Waals surface area (Å²) in [6, 6.07) is 6.38. The molecule has 0 N–H and O–H groups in total. The van der Waals surface area contributed by atoms with Crippen molar-refractivity contribution < 1.29 is 4.74 Å². The standard InChI is InChI=1S/C15H20O/c1-5-7-8-13-9-10-15(16-6-2)14(11-13)12(3)4/h1,9-12H,6-8H2,2-4H3. The molecule has 16 heavy (non-hydrogen) atoms. The summed E-state index contributed by atoms with van der Waals surface area (Å²) in [6.45, 7) is 7.09. The lowest BCUT2D eigenvalue weighted by molar-refractivity contribution is 0.335. The third-order valence-electron chi connectivity index (χ3n) is 2.55. The topological polar surface area (TPSA) is 9.23 Å². The first-order valence-electron chi connectivity index (χ1n) is 5.88. The van der Waals surface area contributed by atoms with Gasteiger partial charge in [0.2, 0.25) is 0 Å². The Hall–Kier alpha value is -1.42. The molecule has 0 spiro atoms. The van der Waals surface area contributed by atoms with E-state index in [2.05, 4.69) is 38.0 Å². The van der Waals surface area contributed by atoms with Gasteiger partial charge in [0, 0.05) is 6.42 Å². The number of hydrogen-bond donors (Lipinski definition) is 0. The average Bonchev–Trinajstić information content (AvgIpc) is 2.27. The number of benzene rings is 1. The quantitative estimate of drug-likeness (QED) is 0.681. The molecule has 0 aromatic heterocycles. The molecule has 0 aliphatic rings. The van der Waals surface area contributed by atoms with Crippen LogP contribution in [0.15, 0.2) is 18.2 Å². The normalized spacial score (nSPS) is 10.2. The van der Waals surface area contributed by atoms with Crippen LogP contribution in [0, 0.1) is 12.3 Å². The van der Waals surface area contributed by atoms with Crippen LogP contribution < -0.4 is 4.74 Å². The molecule has 0 fully saturated rings. The largest absolute Gasteiger partial charge is 0.494 e. The van der Waals surface area contributed by atoms with Crippen LogP contribution in [-0.2, 0) is 6.42 Å². The maximum Gasteiger partial charge on any atom is 0.122 e. The van der Waals surface area contributed by atoms with E-state index < -0.39 is 0 Å². The molecule has 0 amide bonds. The molecule has 1 nitrogen and oxygen atoms in total. The fourth-order valence-electron chi connectivity index (χ4n) is 1.71. The average molecular weight is 216 g/mol. The molecule has 0 aliphatic carbocycles. The molecule has 1 heteroatoms. The van der Waals surface area contributed by atoms with Crippen LogP contribution in [-0.4, -0.2) is 6.61 Å². The van der Waals surface area contributed by atoms with Crippen molar-refractivity contribution in [3.8, 4) is 18.1 Å². The van der Waals surface area contributed by atoms with Crippen molar-refractivity contribution in [2.75, 3.05) is 6.61 Å². The molecule has 0 aliphatic heterocycles. The third-order valence-corrected chi connectivity index (χ3v) is 2.55. The first kappa shape index (κ1) is 12.6. The Balaban J connectivity index is 2.94. The van der Waals surface area contributed by atoms with Crippen LogP contribution in [0.3, 0.4) is 0 Å². The first-order chi connectivity index (χ1) is 7.69. The van der Waals surface area contributed by atoms with Crippen molar-refractivity contribution in [2.24, 2.45) is 0 Å². The zero-order valence-electron chi connectivity index (χ0n) is 10.4. The van der Waals surface area contributed by atoms with Crippen LogP contribution in [0.4, 0.5) is 0 Å². The molecule has 0 heterocycles. The Kier molecular flexibility index (Phi) is 4.92. The number of rotatable bonds is 5. The number of terminal acetylenes is 1. The zero-order chi connectivity index (χ0) is 12.0. The summed E-state index contributed by atoms with van der Waals surface area (Å²) >= 11 is 0. The number of hydrogen-bond acceptors (Lipinski definition) is 1. The van der Waals surface area contributed by atoms with Gasteiger partial charge in [0.15, 0.2) is 0 Å². The summed E-state index contributed by atoms with van der Waals surface area (Å²) in [5, 5.41) is 0. The maximum absolute atomic E-state index is 5.62. The molecular weight excluding hydrogens is 196 g/mol. The van der Waals surface area contributed by atoms with Gasteiger partial charge in [0.1, 0.15) is 5.75 Å². The smallest absolute Gasteiger partial charge is 0.122 e. The molecule has 0 saturated carbocycles. The Labute approximate surface area is 98.8 Å². The Morgan fingerprint density at radius 2 is 2.12 bits per heavy atom. The Bertz CT molecular complexity index is 372. The van der Waals surface area contributed by atoms with Crippen molar-refractivity contribution >= 4 is 0 Å². The van der Waals surface area contributed by atoms with Crippen LogP contribution in [0.2, 0.25) is 0 Å². The lowest BCUT2D eigenvalue weighted by Gasteiger charge is -2.14. The lowest BCUT2D eigenvalue weighted by atomic mass is 9.98. The van der Waals surface area contributed by atoms with Gasteiger partial charge < -0.3 is 4.74 Å². The van der Waals surface area contributed by atoms with Gasteiger partial charge in [-0.1, -0.05) is 26.0 Å². The van der Waals surface area contributed by atoms with E-state index in [1.165, 1.54) is 11.1 Å². The summed E-state index contributed by atoms with van der Waals surface area (Å²) in [5.74, 6) is 4.15. The van der Waals surface area contributed by atoms with Crippen LogP contribution in [0.1, 0.15) is 44.2 Å².